The third kappa shape index (κ3) is 7.34. The van der Waals surface area contributed by atoms with Gasteiger partial charge in [0.1, 0.15) is 0 Å². The van der Waals surface area contributed by atoms with Crippen LogP contribution in [0.15, 0.2) is 249 Å². The fraction of sp³-hybridized carbons (Fsp3) is 0. The summed E-state index contributed by atoms with van der Waals surface area (Å²) in [6.07, 6.45) is 0. The van der Waals surface area contributed by atoms with Crippen LogP contribution in [0, 0.1) is 0 Å². The Labute approximate surface area is 346 Å². The van der Waals surface area contributed by atoms with E-state index in [9.17, 15) is 0 Å². The quantitative estimate of drug-likeness (QED) is 0.142. The van der Waals surface area contributed by atoms with Crippen LogP contribution in [-0.2, 0) is 0 Å². The molecule has 0 amide bonds. The van der Waals surface area contributed by atoms with Gasteiger partial charge in [0.05, 0.1) is 0 Å². The average Bonchev–Trinajstić information content (AvgIpc) is 3.33. The van der Waals surface area contributed by atoms with Crippen molar-refractivity contribution in [3.8, 4) is 66.8 Å². The first-order chi connectivity index (χ1) is 29.2. The average molecular weight is 752 g/mol. The molecule has 278 valence electrons. The van der Waals surface area contributed by atoms with E-state index in [1.807, 2.05) is 0 Å². The highest BCUT2D eigenvalue weighted by Crippen LogP contribution is 2.42. The molecule has 0 fully saturated rings. The third-order valence-corrected chi connectivity index (χ3v) is 11.2. The highest BCUT2D eigenvalue weighted by molar-refractivity contribution is 6.04. The summed E-state index contributed by atoms with van der Waals surface area (Å²) in [6.45, 7) is 0. The maximum absolute atomic E-state index is 2.37. The lowest BCUT2D eigenvalue weighted by Crippen LogP contribution is -2.10. The van der Waals surface area contributed by atoms with Crippen molar-refractivity contribution in [2.45, 2.75) is 0 Å². The van der Waals surface area contributed by atoms with Crippen LogP contribution < -0.4 is 4.90 Å². The summed E-state index contributed by atoms with van der Waals surface area (Å²) in [5.74, 6) is 0. The van der Waals surface area contributed by atoms with E-state index in [4.69, 9.17) is 0 Å². The van der Waals surface area contributed by atoms with Gasteiger partial charge in [-0.15, -0.1) is 0 Å². The molecule has 0 aromatic heterocycles. The van der Waals surface area contributed by atoms with Crippen LogP contribution in [-0.4, -0.2) is 0 Å². The molecule has 0 N–H and O–H groups in total. The van der Waals surface area contributed by atoms with Gasteiger partial charge in [0, 0.05) is 17.1 Å². The second-order valence-electron chi connectivity index (χ2n) is 15.0. The molecule has 0 aliphatic heterocycles. The third-order valence-electron chi connectivity index (χ3n) is 11.2. The summed E-state index contributed by atoms with van der Waals surface area (Å²) < 4.78 is 0. The molecule has 0 aliphatic carbocycles. The Morgan fingerprint density at radius 1 is 0.220 bits per heavy atom. The SMILES string of the molecule is c1ccc(-c2cc(-c3ccccc3)cc(-c3ccc(N(c4ccc(-c5ccc6ccccc6c5-c5ccccc5)cc4)c4cccc(-c5ccccc5)c4)cc3)c2)cc1. The van der Waals surface area contributed by atoms with E-state index in [2.05, 4.69) is 254 Å². The topological polar surface area (TPSA) is 3.24 Å². The number of hydrogen-bond acceptors (Lipinski definition) is 1. The molecule has 0 unspecified atom stereocenters. The monoisotopic (exact) mass is 751 g/mol. The van der Waals surface area contributed by atoms with E-state index in [1.54, 1.807) is 0 Å². The van der Waals surface area contributed by atoms with E-state index in [1.165, 1.54) is 77.5 Å². The van der Waals surface area contributed by atoms with Crippen LogP contribution in [0.3, 0.4) is 0 Å². The largest absolute Gasteiger partial charge is 0.310 e. The summed E-state index contributed by atoms with van der Waals surface area (Å²) in [7, 11) is 0. The zero-order valence-corrected chi connectivity index (χ0v) is 32.6. The lowest BCUT2D eigenvalue weighted by Gasteiger charge is -2.26. The fourth-order valence-corrected chi connectivity index (χ4v) is 8.31. The summed E-state index contributed by atoms with van der Waals surface area (Å²) in [5, 5.41) is 2.49. The van der Waals surface area contributed by atoms with Gasteiger partial charge in [-0.25, -0.2) is 0 Å². The Kier molecular flexibility index (Phi) is 9.68. The van der Waals surface area contributed by atoms with Crippen LogP contribution >= 0.6 is 0 Å². The van der Waals surface area contributed by atoms with Gasteiger partial charge >= 0.3 is 0 Å². The molecule has 59 heavy (non-hydrogen) atoms. The lowest BCUT2D eigenvalue weighted by molar-refractivity contribution is 1.28. The molecule has 0 saturated heterocycles. The predicted octanol–water partition coefficient (Wildman–Crippen LogP) is 16.3. The van der Waals surface area contributed by atoms with Gasteiger partial charge in [-0.05, 0) is 132 Å². The lowest BCUT2D eigenvalue weighted by atomic mass is 9.90. The smallest absolute Gasteiger partial charge is 0.0467 e. The van der Waals surface area contributed by atoms with Crippen LogP contribution in [0.2, 0.25) is 0 Å². The molecule has 0 atom stereocenters. The number of nitrogens with zero attached hydrogens (tertiary/aromatic N) is 1. The minimum atomic E-state index is 1.09. The van der Waals surface area contributed by atoms with E-state index in [-0.39, 0.29) is 0 Å². The number of fused-ring (bicyclic) bond motifs is 1. The van der Waals surface area contributed by atoms with Crippen molar-refractivity contribution in [3.63, 3.8) is 0 Å². The Hall–Kier alpha value is -7.74. The molecule has 10 rings (SSSR count). The standard InChI is InChI=1S/C58H41N/c1-5-16-42(17-6-1)49-25-15-26-55(41-49)59(54-35-30-47(31-36-54)57-37-32-46-22-13-14-27-56(46)58(57)48-23-11-4-12-24-48)53-33-28-45(29-34-53)52-39-50(43-18-7-2-8-19-43)38-51(40-52)44-20-9-3-10-21-44/h1-41H. The van der Waals surface area contributed by atoms with Gasteiger partial charge in [-0.1, -0.05) is 194 Å². The maximum atomic E-state index is 2.37. The van der Waals surface area contributed by atoms with E-state index >= 15 is 0 Å². The minimum Gasteiger partial charge on any atom is -0.310 e. The first kappa shape index (κ1) is 35.7. The molecule has 0 aliphatic rings. The predicted molar refractivity (Wildman–Crippen MR) is 251 cm³/mol. The number of anilines is 3. The van der Waals surface area contributed by atoms with Crippen LogP contribution in [0.4, 0.5) is 17.1 Å². The Morgan fingerprint density at radius 2 is 0.644 bits per heavy atom. The Balaban J connectivity index is 1.07. The van der Waals surface area contributed by atoms with Gasteiger partial charge in [0.2, 0.25) is 0 Å². The van der Waals surface area contributed by atoms with Gasteiger partial charge in [-0.3, -0.25) is 0 Å². The van der Waals surface area contributed by atoms with Gasteiger partial charge in [-0.2, -0.15) is 0 Å². The van der Waals surface area contributed by atoms with Crippen molar-refractivity contribution in [1.82, 2.24) is 0 Å². The van der Waals surface area contributed by atoms with Gasteiger partial charge < -0.3 is 4.90 Å². The maximum Gasteiger partial charge on any atom is 0.0467 e. The molecular weight excluding hydrogens is 711 g/mol. The van der Waals surface area contributed by atoms with Crippen molar-refractivity contribution in [2.75, 3.05) is 4.90 Å². The summed E-state index contributed by atoms with van der Waals surface area (Å²) in [4.78, 5) is 2.37. The molecule has 0 bridgehead atoms. The molecule has 1 heteroatoms. The van der Waals surface area contributed by atoms with E-state index < -0.39 is 0 Å². The van der Waals surface area contributed by atoms with E-state index in [0.29, 0.717) is 0 Å². The van der Waals surface area contributed by atoms with Crippen molar-refractivity contribution in [2.24, 2.45) is 0 Å². The first-order valence-corrected chi connectivity index (χ1v) is 20.2. The number of hydrogen-bond donors (Lipinski definition) is 0. The second kappa shape index (κ2) is 16.0. The summed E-state index contributed by atoms with van der Waals surface area (Å²) >= 11 is 0. The number of rotatable bonds is 9. The van der Waals surface area contributed by atoms with Crippen molar-refractivity contribution >= 4 is 27.8 Å². The highest BCUT2D eigenvalue weighted by atomic mass is 15.1. The van der Waals surface area contributed by atoms with Crippen molar-refractivity contribution in [1.29, 1.82) is 0 Å². The summed E-state index contributed by atoms with van der Waals surface area (Å²) in [6, 6.07) is 89.8. The van der Waals surface area contributed by atoms with Crippen molar-refractivity contribution < 1.29 is 0 Å². The normalized spacial score (nSPS) is 11.1. The zero-order valence-electron chi connectivity index (χ0n) is 32.6. The van der Waals surface area contributed by atoms with Gasteiger partial charge in [0.15, 0.2) is 0 Å². The van der Waals surface area contributed by atoms with Crippen LogP contribution in [0.5, 0.6) is 0 Å². The van der Waals surface area contributed by atoms with Crippen LogP contribution in [0.1, 0.15) is 0 Å². The summed E-state index contributed by atoms with van der Waals surface area (Å²) in [5.41, 5.74) is 17.7. The van der Waals surface area contributed by atoms with Gasteiger partial charge in [0.25, 0.3) is 0 Å². The molecule has 0 radical (unpaired) electrons. The molecule has 1 nitrogen and oxygen atoms in total. The number of benzene rings is 10. The van der Waals surface area contributed by atoms with Crippen LogP contribution in [0.25, 0.3) is 77.5 Å². The highest BCUT2D eigenvalue weighted by Gasteiger charge is 2.17. The first-order valence-electron chi connectivity index (χ1n) is 20.2. The molecular formula is C58H41N. The Morgan fingerprint density at radius 3 is 1.19 bits per heavy atom. The zero-order chi connectivity index (χ0) is 39.4. The molecule has 10 aromatic carbocycles. The van der Waals surface area contributed by atoms with E-state index in [0.717, 1.165) is 17.1 Å². The minimum absolute atomic E-state index is 1.09. The Bertz CT molecular complexity index is 2930. The molecule has 0 heterocycles. The van der Waals surface area contributed by atoms with Crippen molar-refractivity contribution in [3.05, 3.63) is 249 Å². The fourth-order valence-electron chi connectivity index (χ4n) is 8.31. The molecule has 0 saturated carbocycles. The molecule has 0 spiro atoms. The second-order valence-corrected chi connectivity index (χ2v) is 15.0. The molecule has 10 aromatic rings.